The summed E-state index contributed by atoms with van der Waals surface area (Å²) in [7, 11) is -4.44. The van der Waals surface area contributed by atoms with Gasteiger partial charge in [0.2, 0.25) is 5.28 Å². The average Bonchev–Trinajstić information content (AvgIpc) is 3.36. The third-order valence-electron chi connectivity index (χ3n) is 4.26. The number of ether oxygens (including phenoxy) is 1. The van der Waals surface area contributed by atoms with E-state index in [1.54, 1.807) is 11.6 Å². The first-order valence-electron chi connectivity index (χ1n) is 8.36. The molecule has 2 aromatic rings. The standard InChI is InChI=1S/C16H13BrCl2F3N3O4S/c1-2-29-7-3-4-9(18)11(5-7)30(27,28)24-14(26)12-13(17)25(15(19)23-12)10-6-8(10)16(20,21)22/h3-5,8,10H,2,6H2,1H3,(H,24,26)/t8-,10?/m0/s1. The van der Waals surface area contributed by atoms with E-state index < -0.39 is 44.7 Å². The highest BCUT2D eigenvalue weighted by molar-refractivity contribution is 9.10. The molecule has 0 radical (unpaired) electrons. The van der Waals surface area contributed by atoms with Gasteiger partial charge in [-0.1, -0.05) is 11.6 Å². The van der Waals surface area contributed by atoms with E-state index in [1.807, 2.05) is 0 Å². The lowest BCUT2D eigenvalue weighted by molar-refractivity contribution is -0.150. The first-order valence-corrected chi connectivity index (χ1v) is 11.4. The van der Waals surface area contributed by atoms with Crippen molar-refractivity contribution in [3.63, 3.8) is 0 Å². The molecular weight excluding hydrogens is 538 g/mol. The average molecular weight is 551 g/mol. The Balaban J connectivity index is 1.87. The van der Waals surface area contributed by atoms with Gasteiger partial charge in [0, 0.05) is 12.1 Å². The molecule has 2 atom stereocenters. The summed E-state index contributed by atoms with van der Waals surface area (Å²) in [5, 5.41) is -0.537. The minimum Gasteiger partial charge on any atom is -0.494 e. The zero-order chi connectivity index (χ0) is 22.4. The van der Waals surface area contributed by atoms with Crippen molar-refractivity contribution < 1.29 is 31.1 Å². The molecule has 0 aliphatic heterocycles. The van der Waals surface area contributed by atoms with Gasteiger partial charge in [-0.05, 0) is 53.0 Å². The number of nitrogens with one attached hydrogen (secondary N) is 1. The number of rotatable bonds is 6. The highest BCUT2D eigenvalue weighted by Gasteiger charge is 2.57. The highest BCUT2D eigenvalue weighted by atomic mass is 79.9. The first kappa shape index (κ1) is 23.2. The molecule has 1 unspecified atom stereocenters. The van der Waals surface area contributed by atoms with E-state index in [-0.39, 0.29) is 33.7 Å². The fourth-order valence-electron chi connectivity index (χ4n) is 2.80. The van der Waals surface area contributed by atoms with E-state index in [9.17, 15) is 26.4 Å². The second-order valence-corrected chi connectivity index (χ2v) is 9.45. The minimum atomic E-state index is -4.44. The molecule has 3 rings (SSSR count). The molecule has 14 heteroatoms. The number of hydrogen-bond donors (Lipinski definition) is 1. The van der Waals surface area contributed by atoms with Gasteiger partial charge in [-0.2, -0.15) is 13.2 Å². The summed E-state index contributed by atoms with van der Waals surface area (Å²) in [6, 6.07) is 2.85. The summed E-state index contributed by atoms with van der Waals surface area (Å²) < 4.78 is 71.7. The van der Waals surface area contributed by atoms with Gasteiger partial charge < -0.3 is 9.30 Å². The van der Waals surface area contributed by atoms with Crippen LogP contribution in [0.2, 0.25) is 10.3 Å². The van der Waals surface area contributed by atoms with E-state index in [2.05, 4.69) is 20.9 Å². The van der Waals surface area contributed by atoms with Crippen LogP contribution < -0.4 is 9.46 Å². The summed E-state index contributed by atoms with van der Waals surface area (Å²) in [6.07, 6.45) is -4.65. The zero-order valence-electron chi connectivity index (χ0n) is 15.0. The Morgan fingerprint density at radius 2 is 2.07 bits per heavy atom. The third-order valence-corrected chi connectivity index (χ3v) is 7.10. The molecule has 0 bridgehead atoms. The van der Waals surface area contributed by atoms with Crippen LogP contribution in [0.3, 0.4) is 0 Å². The number of nitrogens with zero attached hydrogens (tertiary/aromatic N) is 2. The summed E-state index contributed by atoms with van der Waals surface area (Å²) in [4.78, 5) is 15.8. The van der Waals surface area contributed by atoms with Gasteiger partial charge in [-0.25, -0.2) is 18.1 Å². The normalized spacial score (nSPS) is 18.9. The van der Waals surface area contributed by atoms with E-state index in [4.69, 9.17) is 27.9 Å². The largest absolute Gasteiger partial charge is 0.494 e. The number of hydrogen-bond acceptors (Lipinski definition) is 5. The molecule has 1 amide bonds. The molecule has 1 N–H and O–H groups in total. The Morgan fingerprint density at radius 1 is 1.40 bits per heavy atom. The number of imidazole rings is 1. The predicted molar refractivity (Wildman–Crippen MR) is 105 cm³/mol. The number of halogens is 6. The van der Waals surface area contributed by atoms with Crippen molar-refractivity contribution in [2.24, 2.45) is 5.92 Å². The molecule has 1 aliphatic rings. The topological polar surface area (TPSA) is 90.3 Å². The number of amides is 1. The first-order chi connectivity index (χ1) is 13.9. The summed E-state index contributed by atoms with van der Waals surface area (Å²) in [5.41, 5.74) is -0.478. The minimum absolute atomic E-state index is 0.160. The van der Waals surface area contributed by atoms with Gasteiger partial charge in [-0.3, -0.25) is 4.79 Å². The van der Waals surface area contributed by atoms with Crippen LogP contribution in [-0.2, 0) is 10.0 Å². The monoisotopic (exact) mass is 549 g/mol. The molecule has 7 nitrogen and oxygen atoms in total. The molecule has 1 saturated carbocycles. The lowest BCUT2D eigenvalue weighted by atomic mass is 10.3. The van der Waals surface area contributed by atoms with Gasteiger partial charge in [0.05, 0.1) is 17.5 Å². The zero-order valence-corrected chi connectivity index (χ0v) is 18.9. The van der Waals surface area contributed by atoms with Gasteiger partial charge in [0.15, 0.2) is 5.69 Å². The number of benzene rings is 1. The van der Waals surface area contributed by atoms with Crippen molar-refractivity contribution in [3.05, 3.63) is 38.8 Å². The highest BCUT2D eigenvalue weighted by Crippen LogP contribution is 2.55. The lowest BCUT2D eigenvalue weighted by Gasteiger charge is -2.10. The Bertz CT molecular complexity index is 1110. The fraction of sp³-hybridized carbons (Fsp3) is 0.375. The van der Waals surface area contributed by atoms with Crippen molar-refractivity contribution in [2.45, 2.75) is 30.5 Å². The Hall–Kier alpha value is -1.50. The van der Waals surface area contributed by atoms with Gasteiger partial charge in [-0.15, -0.1) is 0 Å². The number of carbonyl (C=O) groups is 1. The lowest BCUT2D eigenvalue weighted by Crippen LogP contribution is -2.31. The summed E-state index contributed by atoms with van der Waals surface area (Å²) >= 11 is 14.8. The van der Waals surface area contributed by atoms with Crippen molar-refractivity contribution in [2.75, 3.05) is 6.61 Å². The van der Waals surface area contributed by atoms with Crippen LogP contribution in [-0.4, -0.2) is 36.7 Å². The Kier molecular flexibility index (Phi) is 6.34. The maximum absolute atomic E-state index is 12.9. The predicted octanol–water partition coefficient (Wildman–Crippen LogP) is 4.59. The van der Waals surface area contributed by atoms with Crippen molar-refractivity contribution in [1.29, 1.82) is 0 Å². The molecule has 1 aromatic carbocycles. The molecule has 30 heavy (non-hydrogen) atoms. The fourth-order valence-corrected chi connectivity index (χ4v) is 5.37. The molecule has 1 aromatic heterocycles. The summed E-state index contributed by atoms with van der Waals surface area (Å²) in [5.74, 6) is -2.60. The van der Waals surface area contributed by atoms with Gasteiger partial charge in [0.1, 0.15) is 15.2 Å². The van der Waals surface area contributed by atoms with Crippen LogP contribution in [0, 0.1) is 5.92 Å². The molecule has 164 valence electrons. The van der Waals surface area contributed by atoms with E-state index in [0.29, 0.717) is 0 Å². The van der Waals surface area contributed by atoms with Gasteiger partial charge >= 0.3 is 6.18 Å². The quantitative estimate of drug-likeness (QED) is 0.568. The van der Waals surface area contributed by atoms with Crippen LogP contribution in [0.4, 0.5) is 13.2 Å². The molecule has 0 saturated heterocycles. The third kappa shape index (κ3) is 4.56. The molecule has 1 aliphatic carbocycles. The second kappa shape index (κ2) is 8.21. The number of alkyl halides is 3. The van der Waals surface area contributed by atoms with E-state index in [1.165, 1.54) is 12.1 Å². The van der Waals surface area contributed by atoms with Crippen molar-refractivity contribution in [3.8, 4) is 5.75 Å². The number of carbonyl (C=O) groups excluding carboxylic acids is 1. The van der Waals surface area contributed by atoms with E-state index in [0.717, 1.165) is 10.6 Å². The Morgan fingerprint density at radius 3 is 2.63 bits per heavy atom. The van der Waals surface area contributed by atoms with Gasteiger partial charge in [0.25, 0.3) is 15.9 Å². The maximum atomic E-state index is 12.9. The number of aromatic nitrogens is 2. The maximum Gasteiger partial charge on any atom is 0.393 e. The van der Waals surface area contributed by atoms with Crippen LogP contribution >= 0.6 is 39.1 Å². The Labute approximate surface area is 187 Å². The molecular formula is C16H13BrCl2F3N3O4S. The summed E-state index contributed by atoms with van der Waals surface area (Å²) in [6.45, 7) is 1.97. The molecule has 1 fully saturated rings. The van der Waals surface area contributed by atoms with Crippen LogP contribution in [0.1, 0.15) is 29.9 Å². The van der Waals surface area contributed by atoms with Crippen LogP contribution in [0.5, 0.6) is 5.75 Å². The van der Waals surface area contributed by atoms with Crippen molar-refractivity contribution in [1.82, 2.24) is 14.3 Å². The SMILES string of the molecule is CCOc1ccc(Cl)c(S(=O)(=O)NC(=O)c2nc(Cl)n(C3C[C@@H]3C(F)(F)F)c2Br)c1. The van der Waals surface area contributed by atoms with Crippen LogP contribution in [0.25, 0.3) is 0 Å². The molecule has 1 heterocycles. The molecule has 0 spiro atoms. The smallest absolute Gasteiger partial charge is 0.393 e. The van der Waals surface area contributed by atoms with Crippen molar-refractivity contribution >= 4 is 55.1 Å². The van der Waals surface area contributed by atoms with Crippen LogP contribution in [0.15, 0.2) is 27.7 Å². The van der Waals surface area contributed by atoms with E-state index >= 15 is 0 Å². The second-order valence-electron chi connectivity index (χ2n) is 6.30. The number of sulfonamides is 1.